The summed E-state index contributed by atoms with van der Waals surface area (Å²) in [6, 6.07) is 2.11. The van der Waals surface area contributed by atoms with E-state index in [9.17, 15) is 0 Å². The third kappa shape index (κ3) is 4.53. The number of aromatic nitrogens is 2. The van der Waals surface area contributed by atoms with Crippen LogP contribution in [0.4, 0.5) is 0 Å². The van der Waals surface area contributed by atoms with Crippen molar-refractivity contribution in [1.82, 2.24) is 15.3 Å². The van der Waals surface area contributed by atoms with Crippen molar-refractivity contribution >= 4 is 0 Å². The summed E-state index contributed by atoms with van der Waals surface area (Å²) in [5, 5.41) is 3.42. The average molecular weight is 235 g/mol. The third-order valence-electron chi connectivity index (χ3n) is 2.54. The Hall–Kier alpha value is -1.42. The van der Waals surface area contributed by atoms with Crippen LogP contribution in [-0.4, -0.2) is 23.6 Å². The van der Waals surface area contributed by atoms with E-state index in [-0.39, 0.29) is 6.04 Å². The quantitative estimate of drug-likeness (QED) is 0.738. The summed E-state index contributed by atoms with van der Waals surface area (Å²) in [6.07, 6.45) is 3.52. The molecule has 94 valence electrons. The van der Waals surface area contributed by atoms with Crippen molar-refractivity contribution in [2.24, 2.45) is 0 Å². The van der Waals surface area contributed by atoms with Crippen LogP contribution in [0, 0.1) is 0 Å². The molecule has 1 atom stereocenters. The molecule has 17 heavy (non-hydrogen) atoms. The highest BCUT2D eigenvalue weighted by atomic mass is 16.5. The summed E-state index contributed by atoms with van der Waals surface area (Å²) in [7, 11) is 1.61. The molecular weight excluding hydrogens is 214 g/mol. The van der Waals surface area contributed by atoms with Gasteiger partial charge in [0, 0.05) is 6.07 Å². The highest BCUT2D eigenvalue weighted by molar-refractivity contribution is 5.16. The first-order chi connectivity index (χ1) is 8.17. The van der Waals surface area contributed by atoms with Crippen molar-refractivity contribution in [3.63, 3.8) is 0 Å². The van der Waals surface area contributed by atoms with E-state index in [0.717, 1.165) is 25.1 Å². The molecule has 1 heterocycles. The number of allylic oxidation sites excluding steroid dienone is 1. The second-order valence-electron chi connectivity index (χ2n) is 4.09. The van der Waals surface area contributed by atoms with Gasteiger partial charge in [0.25, 0.3) is 0 Å². The molecule has 0 spiro atoms. The minimum Gasteiger partial charge on any atom is -0.481 e. The van der Waals surface area contributed by atoms with Crippen LogP contribution in [0.15, 0.2) is 24.5 Å². The molecular formula is C13H21N3O. The Kier molecular flexibility index (Phi) is 5.63. The first kappa shape index (κ1) is 13.6. The SMILES string of the molecule is C=C(C)CCC(NCC)c1cc(OC)ncn1. The van der Waals surface area contributed by atoms with Gasteiger partial charge in [-0.3, -0.25) is 0 Å². The summed E-state index contributed by atoms with van der Waals surface area (Å²) in [5.41, 5.74) is 2.16. The average Bonchev–Trinajstić information content (AvgIpc) is 2.34. The smallest absolute Gasteiger partial charge is 0.216 e. The van der Waals surface area contributed by atoms with Crippen LogP contribution in [0.1, 0.15) is 38.4 Å². The first-order valence-electron chi connectivity index (χ1n) is 5.91. The number of nitrogens with one attached hydrogen (secondary N) is 1. The van der Waals surface area contributed by atoms with Gasteiger partial charge in [-0.2, -0.15) is 0 Å². The van der Waals surface area contributed by atoms with E-state index in [1.807, 2.05) is 13.0 Å². The molecule has 0 aliphatic rings. The van der Waals surface area contributed by atoms with Crippen molar-refractivity contribution in [3.8, 4) is 5.88 Å². The third-order valence-corrected chi connectivity index (χ3v) is 2.54. The molecule has 0 aliphatic heterocycles. The van der Waals surface area contributed by atoms with Crippen LogP contribution < -0.4 is 10.1 Å². The Morgan fingerprint density at radius 1 is 1.53 bits per heavy atom. The lowest BCUT2D eigenvalue weighted by molar-refractivity contribution is 0.393. The van der Waals surface area contributed by atoms with Crippen LogP contribution >= 0.6 is 0 Å². The second-order valence-corrected chi connectivity index (χ2v) is 4.09. The van der Waals surface area contributed by atoms with E-state index in [4.69, 9.17) is 4.74 Å². The number of ether oxygens (including phenoxy) is 1. The maximum Gasteiger partial charge on any atom is 0.216 e. The molecule has 0 aliphatic carbocycles. The highest BCUT2D eigenvalue weighted by Gasteiger charge is 2.12. The number of methoxy groups -OCH3 is 1. The van der Waals surface area contributed by atoms with Crippen LogP contribution in [0.3, 0.4) is 0 Å². The molecule has 0 aromatic carbocycles. The van der Waals surface area contributed by atoms with Gasteiger partial charge in [0.2, 0.25) is 5.88 Å². The molecule has 0 bridgehead atoms. The van der Waals surface area contributed by atoms with Gasteiger partial charge in [-0.25, -0.2) is 9.97 Å². The lowest BCUT2D eigenvalue weighted by atomic mass is 10.0. The summed E-state index contributed by atoms with van der Waals surface area (Å²) >= 11 is 0. The van der Waals surface area contributed by atoms with Crippen molar-refractivity contribution in [1.29, 1.82) is 0 Å². The lowest BCUT2D eigenvalue weighted by Crippen LogP contribution is -2.22. The number of hydrogen-bond donors (Lipinski definition) is 1. The maximum atomic E-state index is 5.11. The van der Waals surface area contributed by atoms with Crippen LogP contribution in [0.2, 0.25) is 0 Å². The molecule has 4 nitrogen and oxygen atoms in total. The van der Waals surface area contributed by atoms with Crippen molar-refractivity contribution in [3.05, 3.63) is 30.2 Å². The molecule has 1 N–H and O–H groups in total. The number of rotatable bonds is 7. The Balaban J connectivity index is 2.76. The van der Waals surface area contributed by atoms with Crippen molar-refractivity contribution in [2.75, 3.05) is 13.7 Å². The lowest BCUT2D eigenvalue weighted by Gasteiger charge is -2.17. The van der Waals surface area contributed by atoms with Crippen molar-refractivity contribution in [2.45, 2.75) is 32.7 Å². The van der Waals surface area contributed by atoms with E-state index in [1.54, 1.807) is 13.4 Å². The number of hydrogen-bond acceptors (Lipinski definition) is 4. The molecule has 1 rings (SSSR count). The molecule has 4 heteroatoms. The van der Waals surface area contributed by atoms with Gasteiger partial charge in [-0.15, -0.1) is 6.58 Å². The zero-order chi connectivity index (χ0) is 12.7. The predicted octanol–water partition coefficient (Wildman–Crippen LogP) is 2.49. The summed E-state index contributed by atoms with van der Waals surface area (Å²) in [5.74, 6) is 0.605. The fraction of sp³-hybridized carbons (Fsp3) is 0.538. The molecule has 0 saturated carbocycles. The zero-order valence-corrected chi connectivity index (χ0v) is 10.9. The maximum absolute atomic E-state index is 5.11. The van der Waals surface area contributed by atoms with Crippen LogP contribution in [-0.2, 0) is 0 Å². The monoisotopic (exact) mass is 235 g/mol. The van der Waals surface area contributed by atoms with E-state index in [2.05, 4.69) is 28.8 Å². The Labute approximate surface area is 103 Å². The van der Waals surface area contributed by atoms with Gasteiger partial charge >= 0.3 is 0 Å². The minimum atomic E-state index is 0.230. The highest BCUT2D eigenvalue weighted by Crippen LogP contribution is 2.20. The predicted molar refractivity (Wildman–Crippen MR) is 69.0 cm³/mol. The van der Waals surface area contributed by atoms with Gasteiger partial charge in [-0.1, -0.05) is 12.5 Å². The molecule has 1 aromatic rings. The summed E-state index contributed by atoms with van der Waals surface area (Å²) in [6.45, 7) is 8.97. The molecule has 0 fully saturated rings. The molecule has 0 amide bonds. The zero-order valence-electron chi connectivity index (χ0n) is 10.9. The minimum absolute atomic E-state index is 0.230. The summed E-state index contributed by atoms with van der Waals surface area (Å²) in [4.78, 5) is 8.32. The standard InChI is InChI=1S/C13H21N3O/c1-5-14-11(7-6-10(2)3)12-8-13(17-4)16-9-15-12/h8-9,11,14H,2,5-7H2,1,3-4H3. The van der Waals surface area contributed by atoms with E-state index < -0.39 is 0 Å². The van der Waals surface area contributed by atoms with Crippen LogP contribution in [0.25, 0.3) is 0 Å². The topological polar surface area (TPSA) is 47.0 Å². The van der Waals surface area contributed by atoms with Gasteiger partial charge in [0.1, 0.15) is 6.33 Å². The Bertz CT molecular complexity index is 365. The number of nitrogens with zero attached hydrogens (tertiary/aromatic N) is 2. The van der Waals surface area contributed by atoms with Crippen molar-refractivity contribution < 1.29 is 4.74 Å². The van der Waals surface area contributed by atoms with Gasteiger partial charge in [0.15, 0.2) is 0 Å². The Morgan fingerprint density at radius 3 is 2.88 bits per heavy atom. The van der Waals surface area contributed by atoms with E-state index in [1.165, 1.54) is 5.57 Å². The summed E-state index contributed by atoms with van der Waals surface area (Å²) < 4.78 is 5.11. The van der Waals surface area contributed by atoms with Gasteiger partial charge in [0.05, 0.1) is 18.8 Å². The fourth-order valence-electron chi connectivity index (χ4n) is 1.65. The normalized spacial score (nSPS) is 12.2. The second kappa shape index (κ2) is 7.01. The molecule has 0 radical (unpaired) electrons. The Morgan fingerprint density at radius 2 is 2.29 bits per heavy atom. The van der Waals surface area contributed by atoms with E-state index in [0.29, 0.717) is 5.88 Å². The molecule has 1 aromatic heterocycles. The van der Waals surface area contributed by atoms with E-state index >= 15 is 0 Å². The van der Waals surface area contributed by atoms with Gasteiger partial charge < -0.3 is 10.1 Å². The largest absolute Gasteiger partial charge is 0.481 e. The molecule has 1 unspecified atom stereocenters. The van der Waals surface area contributed by atoms with Gasteiger partial charge in [-0.05, 0) is 26.3 Å². The van der Waals surface area contributed by atoms with Crippen LogP contribution in [0.5, 0.6) is 5.88 Å². The fourth-order valence-corrected chi connectivity index (χ4v) is 1.65. The first-order valence-corrected chi connectivity index (χ1v) is 5.91. The molecule has 0 saturated heterocycles.